The third-order valence-electron chi connectivity index (χ3n) is 4.16. The van der Waals surface area contributed by atoms with Crippen molar-refractivity contribution in [3.05, 3.63) is 18.0 Å². The van der Waals surface area contributed by atoms with Gasteiger partial charge in [0.2, 0.25) is 0 Å². The minimum absolute atomic E-state index is 0.0319. The normalized spacial score (nSPS) is 14.8. The van der Waals surface area contributed by atoms with E-state index in [2.05, 4.69) is 18.9 Å². The van der Waals surface area contributed by atoms with Crippen LogP contribution in [0, 0.1) is 0 Å². The van der Waals surface area contributed by atoms with Crippen LogP contribution >= 0.6 is 0 Å². The second-order valence-corrected chi connectivity index (χ2v) is 6.28. The fraction of sp³-hybridized carbons (Fsp3) is 0.778. The van der Waals surface area contributed by atoms with Gasteiger partial charge in [0.15, 0.2) is 6.29 Å². The van der Waals surface area contributed by atoms with Crippen molar-refractivity contribution in [2.24, 2.45) is 0 Å². The Morgan fingerprint density at radius 1 is 1.24 bits per heavy atom. The summed E-state index contributed by atoms with van der Waals surface area (Å²) in [5, 5.41) is 4.13. The fourth-order valence-corrected chi connectivity index (χ4v) is 2.66. The van der Waals surface area contributed by atoms with Crippen molar-refractivity contribution in [2.45, 2.75) is 58.7 Å². The summed E-state index contributed by atoms with van der Waals surface area (Å²) in [5.41, 5.74) is 0.578. The summed E-state index contributed by atoms with van der Waals surface area (Å²) >= 11 is 0. The largest absolute Gasteiger partial charge is 0.397 e. The third kappa shape index (κ3) is 6.66. The van der Waals surface area contributed by atoms with Crippen LogP contribution in [0.1, 0.15) is 62.7 Å². The number of carbonyl (C=O) groups excluding carboxylic acids is 1. The average molecular weight is 353 g/mol. The molecule has 0 aromatic carbocycles. The molecule has 7 heteroatoms. The number of nitrogens with zero attached hydrogens (tertiary/aromatic N) is 3. The summed E-state index contributed by atoms with van der Waals surface area (Å²) in [6.45, 7) is 7.71. The Morgan fingerprint density at radius 2 is 1.92 bits per heavy atom. The van der Waals surface area contributed by atoms with Crippen molar-refractivity contribution in [1.82, 2.24) is 14.8 Å². The summed E-state index contributed by atoms with van der Waals surface area (Å²) < 4.78 is 10.8. The van der Waals surface area contributed by atoms with Crippen LogP contribution in [-0.2, 0) is 9.47 Å². The zero-order valence-electron chi connectivity index (χ0n) is 15.5. The minimum Gasteiger partial charge on any atom is -0.397 e. The monoisotopic (exact) mass is 353 g/mol. The number of unbranched alkanes of at least 4 members (excludes halogenated alkanes) is 2. The highest BCUT2D eigenvalue weighted by Gasteiger charge is 2.18. The molecule has 1 saturated heterocycles. The van der Waals surface area contributed by atoms with Gasteiger partial charge in [-0.2, -0.15) is 0 Å². The van der Waals surface area contributed by atoms with Gasteiger partial charge in [-0.15, -0.1) is 9.94 Å². The molecule has 142 valence electrons. The molecule has 0 bridgehead atoms. The lowest BCUT2D eigenvalue weighted by Gasteiger charge is -2.21. The topological polar surface area (TPSA) is 65.8 Å². The van der Waals surface area contributed by atoms with Crippen LogP contribution in [0.15, 0.2) is 12.4 Å². The van der Waals surface area contributed by atoms with Crippen molar-refractivity contribution in [2.75, 3.05) is 32.9 Å². The predicted molar refractivity (Wildman–Crippen MR) is 94.3 cm³/mol. The second-order valence-electron chi connectivity index (χ2n) is 6.28. The molecule has 1 aliphatic heterocycles. The summed E-state index contributed by atoms with van der Waals surface area (Å²) in [7, 11) is 0. The van der Waals surface area contributed by atoms with Crippen LogP contribution in [0.25, 0.3) is 0 Å². The molecule has 0 saturated carbocycles. The van der Waals surface area contributed by atoms with Crippen LogP contribution in [-0.4, -0.2) is 60.0 Å². The Balaban J connectivity index is 1.77. The Bertz CT molecular complexity index is 492. The van der Waals surface area contributed by atoms with Gasteiger partial charge in [0, 0.05) is 19.5 Å². The molecular formula is C18H31N3O4. The van der Waals surface area contributed by atoms with E-state index in [-0.39, 0.29) is 12.2 Å². The molecule has 2 heterocycles. The molecule has 0 radical (unpaired) electrons. The predicted octanol–water partition coefficient (Wildman–Crippen LogP) is 2.51. The molecule has 2 rings (SSSR count). The Labute approximate surface area is 150 Å². The van der Waals surface area contributed by atoms with E-state index in [1.54, 1.807) is 12.4 Å². The number of aromatic nitrogens is 2. The van der Waals surface area contributed by atoms with Crippen LogP contribution in [0.4, 0.5) is 0 Å². The summed E-state index contributed by atoms with van der Waals surface area (Å²) in [5.74, 6) is 0.0319. The smallest absolute Gasteiger partial charge is 0.257 e. The number of rotatable bonds is 12. The van der Waals surface area contributed by atoms with Gasteiger partial charge >= 0.3 is 0 Å². The van der Waals surface area contributed by atoms with E-state index in [0.717, 1.165) is 51.6 Å². The number of ether oxygens (including phenoxy) is 2. The summed E-state index contributed by atoms with van der Waals surface area (Å²) in [4.78, 5) is 21.5. The SMILES string of the molecule is CCCCN(CCCC)C(=O)c1cnn(OCCCC2OCCO2)c1. The van der Waals surface area contributed by atoms with Gasteiger partial charge in [0.1, 0.15) is 6.61 Å². The zero-order valence-corrected chi connectivity index (χ0v) is 15.5. The quantitative estimate of drug-likeness (QED) is 0.540. The fourth-order valence-electron chi connectivity index (χ4n) is 2.66. The highest BCUT2D eigenvalue weighted by Crippen LogP contribution is 2.10. The zero-order chi connectivity index (χ0) is 17.9. The molecule has 0 spiro atoms. The van der Waals surface area contributed by atoms with Crippen LogP contribution in [0.2, 0.25) is 0 Å². The van der Waals surface area contributed by atoms with Crippen molar-refractivity contribution >= 4 is 5.91 Å². The van der Waals surface area contributed by atoms with E-state index >= 15 is 0 Å². The van der Waals surface area contributed by atoms with Crippen LogP contribution in [0.5, 0.6) is 0 Å². The summed E-state index contributed by atoms with van der Waals surface area (Å²) in [6.07, 6.45) is 8.94. The van der Waals surface area contributed by atoms with Gasteiger partial charge < -0.3 is 19.2 Å². The number of amides is 1. The van der Waals surface area contributed by atoms with E-state index in [1.807, 2.05) is 4.90 Å². The molecule has 1 amide bonds. The van der Waals surface area contributed by atoms with Gasteiger partial charge in [0.05, 0.1) is 31.2 Å². The van der Waals surface area contributed by atoms with Gasteiger partial charge in [-0.25, -0.2) is 0 Å². The molecule has 1 aromatic heterocycles. The number of carbonyl (C=O) groups is 1. The van der Waals surface area contributed by atoms with E-state index in [1.165, 1.54) is 4.85 Å². The highest BCUT2D eigenvalue weighted by atomic mass is 16.7. The lowest BCUT2D eigenvalue weighted by Crippen LogP contribution is -2.32. The van der Waals surface area contributed by atoms with Crippen LogP contribution < -0.4 is 4.84 Å². The Kier molecular flexibility index (Phi) is 8.76. The van der Waals surface area contributed by atoms with E-state index in [0.29, 0.717) is 25.4 Å². The van der Waals surface area contributed by atoms with Crippen molar-refractivity contribution in [3.63, 3.8) is 0 Å². The molecule has 1 aromatic rings. The Hall–Kier alpha value is -1.60. The summed E-state index contributed by atoms with van der Waals surface area (Å²) in [6, 6.07) is 0. The maximum absolute atomic E-state index is 12.7. The van der Waals surface area contributed by atoms with Crippen molar-refractivity contribution < 1.29 is 19.1 Å². The molecule has 0 atom stereocenters. The van der Waals surface area contributed by atoms with Crippen molar-refractivity contribution in [1.29, 1.82) is 0 Å². The second kappa shape index (κ2) is 11.1. The molecule has 0 N–H and O–H groups in total. The number of hydrogen-bond donors (Lipinski definition) is 0. The van der Waals surface area contributed by atoms with Gasteiger partial charge in [-0.1, -0.05) is 26.7 Å². The van der Waals surface area contributed by atoms with Gasteiger partial charge in [0.25, 0.3) is 5.91 Å². The first-order valence-electron chi connectivity index (χ1n) is 9.45. The standard InChI is InChI=1S/C18H31N3O4/c1-3-5-9-20(10-6-4-2)18(22)16-14-19-21(15-16)25-11-7-8-17-23-12-13-24-17/h14-15,17H,3-13H2,1-2H3. The minimum atomic E-state index is -0.107. The van der Waals surface area contributed by atoms with E-state index < -0.39 is 0 Å². The molecule has 0 unspecified atom stereocenters. The lowest BCUT2D eigenvalue weighted by molar-refractivity contribution is -0.0527. The maximum Gasteiger partial charge on any atom is 0.257 e. The molecule has 7 nitrogen and oxygen atoms in total. The maximum atomic E-state index is 12.7. The molecule has 1 fully saturated rings. The van der Waals surface area contributed by atoms with E-state index in [4.69, 9.17) is 14.3 Å². The van der Waals surface area contributed by atoms with Gasteiger partial charge in [-0.05, 0) is 19.3 Å². The van der Waals surface area contributed by atoms with Crippen molar-refractivity contribution in [3.8, 4) is 0 Å². The first-order chi connectivity index (χ1) is 12.2. The first kappa shape index (κ1) is 19.7. The molecule has 1 aliphatic rings. The molecule has 0 aliphatic carbocycles. The average Bonchev–Trinajstić information content (AvgIpc) is 3.30. The highest BCUT2D eigenvalue weighted by molar-refractivity contribution is 5.93. The molecular weight excluding hydrogens is 322 g/mol. The molecule has 25 heavy (non-hydrogen) atoms. The third-order valence-corrected chi connectivity index (χ3v) is 4.16. The van der Waals surface area contributed by atoms with Crippen LogP contribution in [0.3, 0.4) is 0 Å². The Morgan fingerprint density at radius 3 is 2.56 bits per heavy atom. The first-order valence-corrected chi connectivity index (χ1v) is 9.45. The lowest BCUT2D eigenvalue weighted by atomic mass is 10.2. The van der Waals surface area contributed by atoms with Gasteiger partial charge in [-0.3, -0.25) is 4.79 Å². The number of hydrogen-bond acceptors (Lipinski definition) is 5. The van der Waals surface area contributed by atoms with E-state index in [9.17, 15) is 4.79 Å².